The van der Waals surface area contributed by atoms with Gasteiger partial charge in [0.15, 0.2) is 5.82 Å². The molecule has 4 N–H and O–H groups in total. The van der Waals surface area contributed by atoms with Crippen molar-refractivity contribution < 1.29 is 4.79 Å². The fraction of sp³-hybridized carbons (Fsp3) is 0.500. The number of anilines is 1. The lowest BCUT2D eigenvalue weighted by molar-refractivity contribution is -0.117. The van der Waals surface area contributed by atoms with Crippen LogP contribution in [0, 0.1) is 5.92 Å². The average Bonchev–Trinajstić information content (AvgIpc) is 3.18. The Morgan fingerprint density at radius 3 is 2.83 bits per heavy atom. The lowest BCUT2D eigenvalue weighted by atomic mass is 10.00. The van der Waals surface area contributed by atoms with Gasteiger partial charge in [-0.1, -0.05) is 32.4 Å². The van der Waals surface area contributed by atoms with Crippen LogP contribution in [0.2, 0.25) is 0 Å². The van der Waals surface area contributed by atoms with Gasteiger partial charge in [0.1, 0.15) is 5.82 Å². The lowest BCUT2D eigenvalue weighted by Gasteiger charge is -2.15. The Bertz CT molecular complexity index is 709. The molecule has 1 heterocycles. The number of benzene rings is 1. The Hall–Kier alpha value is -2.21. The molecular formula is C18H25N5O. The number of aromatic nitrogens is 3. The number of H-pyrrole nitrogens is 1. The number of para-hydroxylation sites is 1. The Labute approximate surface area is 142 Å². The van der Waals surface area contributed by atoms with Crippen LogP contribution in [-0.2, 0) is 4.79 Å². The molecule has 1 aliphatic carbocycles. The molecule has 1 fully saturated rings. The molecule has 0 aliphatic heterocycles. The normalized spacial score (nSPS) is 20.5. The summed E-state index contributed by atoms with van der Waals surface area (Å²) >= 11 is 0. The van der Waals surface area contributed by atoms with Crippen molar-refractivity contribution in [3.05, 3.63) is 30.1 Å². The van der Waals surface area contributed by atoms with Gasteiger partial charge >= 0.3 is 0 Å². The molecular weight excluding hydrogens is 302 g/mol. The van der Waals surface area contributed by atoms with Crippen molar-refractivity contribution in [2.24, 2.45) is 11.7 Å². The summed E-state index contributed by atoms with van der Waals surface area (Å²) in [6, 6.07) is 7.77. The van der Waals surface area contributed by atoms with E-state index in [0.29, 0.717) is 12.2 Å². The molecule has 0 unspecified atom stereocenters. The molecule has 0 bridgehead atoms. The van der Waals surface area contributed by atoms with E-state index in [1.165, 1.54) is 0 Å². The highest BCUT2D eigenvalue weighted by Gasteiger charge is 2.26. The molecule has 1 amide bonds. The maximum absolute atomic E-state index is 12.4. The third-order valence-corrected chi connectivity index (χ3v) is 4.66. The summed E-state index contributed by atoms with van der Waals surface area (Å²) in [6.45, 7) is 4.12. The Kier molecular flexibility index (Phi) is 4.94. The van der Waals surface area contributed by atoms with Crippen LogP contribution in [0.3, 0.4) is 0 Å². The van der Waals surface area contributed by atoms with Crippen LogP contribution in [0.1, 0.15) is 51.3 Å². The molecule has 3 rings (SSSR count). The highest BCUT2D eigenvalue weighted by Crippen LogP contribution is 2.29. The van der Waals surface area contributed by atoms with Crippen molar-refractivity contribution in [2.45, 2.75) is 51.5 Å². The number of carbonyl (C=O) groups is 1. The van der Waals surface area contributed by atoms with Crippen LogP contribution < -0.4 is 11.1 Å². The number of aromatic amines is 1. The summed E-state index contributed by atoms with van der Waals surface area (Å²) in [5.74, 6) is 2.00. The summed E-state index contributed by atoms with van der Waals surface area (Å²) in [6.07, 6.45) is 3.64. The predicted octanol–water partition coefficient (Wildman–Crippen LogP) is 3.05. The minimum atomic E-state index is 0.00409. The van der Waals surface area contributed by atoms with Crippen LogP contribution in [0.5, 0.6) is 0 Å². The monoisotopic (exact) mass is 327 g/mol. The molecule has 1 aromatic carbocycles. The van der Waals surface area contributed by atoms with E-state index < -0.39 is 0 Å². The van der Waals surface area contributed by atoms with E-state index in [0.717, 1.165) is 36.3 Å². The number of carbonyl (C=O) groups excluding carboxylic acids is 1. The number of nitrogens with two attached hydrogens (primary N) is 1. The molecule has 2 atom stereocenters. The van der Waals surface area contributed by atoms with E-state index in [2.05, 4.69) is 34.3 Å². The first-order valence-electron chi connectivity index (χ1n) is 8.61. The lowest BCUT2D eigenvalue weighted by Crippen LogP contribution is -2.28. The molecule has 24 heavy (non-hydrogen) atoms. The topological polar surface area (TPSA) is 96.7 Å². The highest BCUT2D eigenvalue weighted by atomic mass is 16.1. The minimum absolute atomic E-state index is 0.00409. The van der Waals surface area contributed by atoms with E-state index in [1.807, 2.05) is 24.3 Å². The van der Waals surface area contributed by atoms with Gasteiger partial charge in [0.25, 0.3) is 0 Å². The third-order valence-electron chi connectivity index (χ3n) is 4.66. The Balaban J connectivity index is 1.75. The van der Waals surface area contributed by atoms with Crippen molar-refractivity contribution in [1.29, 1.82) is 0 Å². The first-order chi connectivity index (χ1) is 11.5. The standard InChI is InChI=1S/C18H25N5O/c1-11(2)17-21-18(23-22-17)13-7-3-4-9-15(13)20-16(24)10-12-6-5-8-14(12)19/h3-4,7,9,11-12,14H,5-6,8,10,19H2,1-2H3,(H,20,24)(H,21,22,23)/t12-,14+/m0/s1. The SMILES string of the molecule is CC(C)c1nc(-c2ccccc2NC(=O)C[C@@H]2CCC[C@H]2N)n[nH]1. The second-order valence-corrected chi connectivity index (χ2v) is 6.85. The maximum atomic E-state index is 12.4. The zero-order valence-corrected chi connectivity index (χ0v) is 14.2. The summed E-state index contributed by atoms with van der Waals surface area (Å²) in [5.41, 5.74) is 7.63. The fourth-order valence-corrected chi connectivity index (χ4v) is 3.20. The second kappa shape index (κ2) is 7.13. The molecule has 0 saturated heterocycles. The Morgan fingerprint density at radius 2 is 2.17 bits per heavy atom. The number of nitrogens with zero attached hydrogens (tertiary/aromatic N) is 2. The molecule has 1 aliphatic rings. The van der Waals surface area contributed by atoms with Crippen molar-refractivity contribution in [3.8, 4) is 11.4 Å². The zero-order valence-electron chi connectivity index (χ0n) is 14.2. The molecule has 128 valence electrons. The van der Waals surface area contributed by atoms with Crippen molar-refractivity contribution >= 4 is 11.6 Å². The van der Waals surface area contributed by atoms with Crippen LogP contribution in [-0.4, -0.2) is 27.1 Å². The number of nitrogens with one attached hydrogen (secondary N) is 2. The third kappa shape index (κ3) is 3.64. The van der Waals surface area contributed by atoms with Crippen LogP contribution in [0.4, 0.5) is 5.69 Å². The zero-order chi connectivity index (χ0) is 17.1. The summed E-state index contributed by atoms with van der Waals surface area (Å²) in [4.78, 5) is 16.9. The van der Waals surface area contributed by atoms with Gasteiger partial charge < -0.3 is 11.1 Å². The van der Waals surface area contributed by atoms with Crippen LogP contribution in [0.15, 0.2) is 24.3 Å². The van der Waals surface area contributed by atoms with Crippen LogP contribution >= 0.6 is 0 Å². The van der Waals surface area contributed by atoms with Gasteiger partial charge in [0.05, 0.1) is 5.69 Å². The van der Waals surface area contributed by atoms with Crippen molar-refractivity contribution in [2.75, 3.05) is 5.32 Å². The summed E-state index contributed by atoms with van der Waals surface area (Å²) in [7, 11) is 0. The van der Waals surface area contributed by atoms with Gasteiger partial charge in [-0.15, -0.1) is 0 Å². The first-order valence-corrected chi connectivity index (χ1v) is 8.61. The summed E-state index contributed by atoms with van der Waals surface area (Å²) in [5, 5.41) is 10.2. The molecule has 1 aromatic heterocycles. The van der Waals surface area contributed by atoms with Crippen molar-refractivity contribution in [1.82, 2.24) is 15.2 Å². The largest absolute Gasteiger partial charge is 0.327 e. The Morgan fingerprint density at radius 1 is 1.38 bits per heavy atom. The molecule has 6 heteroatoms. The fourth-order valence-electron chi connectivity index (χ4n) is 3.20. The highest BCUT2D eigenvalue weighted by molar-refractivity contribution is 5.94. The molecule has 6 nitrogen and oxygen atoms in total. The molecule has 0 radical (unpaired) electrons. The van der Waals surface area contributed by atoms with Gasteiger partial charge in [0, 0.05) is 23.9 Å². The van der Waals surface area contributed by atoms with Gasteiger partial charge in [-0.05, 0) is 30.9 Å². The number of hydrogen-bond donors (Lipinski definition) is 3. The quantitative estimate of drug-likeness (QED) is 0.786. The molecule has 2 aromatic rings. The second-order valence-electron chi connectivity index (χ2n) is 6.85. The minimum Gasteiger partial charge on any atom is -0.327 e. The molecule has 0 spiro atoms. The average molecular weight is 327 g/mol. The maximum Gasteiger partial charge on any atom is 0.224 e. The van der Waals surface area contributed by atoms with E-state index in [-0.39, 0.29) is 23.8 Å². The summed E-state index contributed by atoms with van der Waals surface area (Å²) < 4.78 is 0. The van der Waals surface area contributed by atoms with Gasteiger partial charge in [-0.3, -0.25) is 9.89 Å². The number of amides is 1. The van der Waals surface area contributed by atoms with Gasteiger partial charge in [0.2, 0.25) is 5.91 Å². The van der Waals surface area contributed by atoms with E-state index in [1.54, 1.807) is 0 Å². The number of rotatable bonds is 5. The predicted molar refractivity (Wildman–Crippen MR) is 94.5 cm³/mol. The van der Waals surface area contributed by atoms with E-state index >= 15 is 0 Å². The van der Waals surface area contributed by atoms with Crippen molar-refractivity contribution in [3.63, 3.8) is 0 Å². The smallest absolute Gasteiger partial charge is 0.224 e. The van der Waals surface area contributed by atoms with E-state index in [9.17, 15) is 4.79 Å². The van der Waals surface area contributed by atoms with Gasteiger partial charge in [-0.25, -0.2) is 4.98 Å². The first kappa shape index (κ1) is 16.6. The van der Waals surface area contributed by atoms with Gasteiger partial charge in [-0.2, -0.15) is 5.10 Å². The van der Waals surface area contributed by atoms with Crippen LogP contribution in [0.25, 0.3) is 11.4 Å². The van der Waals surface area contributed by atoms with E-state index in [4.69, 9.17) is 5.73 Å². The molecule has 1 saturated carbocycles. The number of hydrogen-bond acceptors (Lipinski definition) is 4.